The Labute approximate surface area is 106 Å². The molecular formula is C13H17FN2O2. The van der Waals surface area contributed by atoms with Crippen LogP contribution in [0.3, 0.4) is 0 Å². The van der Waals surface area contributed by atoms with Gasteiger partial charge in [0.15, 0.2) is 0 Å². The van der Waals surface area contributed by atoms with E-state index in [4.69, 9.17) is 10.5 Å². The van der Waals surface area contributed by atoms with Crippen LogP contribution in [0.2, 0.25) is 0 Å². The fourth-order valence-corrected chi connectivity index (χ4v) is 2.01. The zero-order chi connectivity index (χ0) is 13.1. The molecule has 98 valence electrons. The van der Waals surface area contributed by atoms with Crippen molar-refractivity contribution in [3.63, 3.8) is 0 Å². The van der Waals surface area contributed by atoms with Crippen molar-refractivity contribution < 1.29 is 13.9 Å². The van der Waals surface area contributed by atoms with Gasteiger partial charge >= 0.3 is 0 Å². The highest BCUT2D eigenvalue weighted by Gasteiger charge is 2.24. The molecule has 5 heteroatoms. The molecule has 1 saturated heterocycles. The second kappa shape index (κ2) is 5.46. The lowest BCUT2D eigenvalue weighted by atomic mass is 10.1. The number of aryl methyl sites for hydroxylation is 1. The molecule has 1 amide bonds. The van der Waals surface area contributed by atoms with Crippen molar-refractivity contribution in [2.75, 3.05) is 26.2 Å². The highest BCUT2D eigenvalue weighted by Crippen LogP contribution is 2.14. The maximum Gasteiger partial charge on any atom is 0.254 e. The van der Waals surface area contributed by atoms with Crippen molar-refractivity contribution in [1.82, 2.24) is 4.90 Å². The third-order valence-corrected chi connectivity index (χ3v) is 3.09. The fourth-order valence-electron chi connectivity index (χ4n) is 2.01. The van der Waals surface area contributed by atoms with Crippen molar-refractivity contribution >= 4 is 5.91 Å². The summed E-state index contributed by atoms with van der Waals surface area (Å²) in [5.74, 6) is -0.395. The molecule has 2 rings (SSSR count). The Morgan fingerprint density at radius 2 is 2.39 bits per heavy atom. The van der Waals surface area contributed by atoms with Gasteiger partial charge in [0.25, 0.3) is 5.91 Å². The van der Waals surface area contributed by atoms with Crippen molar-refractivity contribution in [3.8, 4) is 0 Å². The van der Waals surface area contributed by atoms with Crippen LogP contribution < -0.4 is 5.73 Å². The summed E-state index contributed by atoms with van der Waals surface area (Å²) in [7, 11) is 0. The zero-order valence-electron chi connectivity index (χ0n) is 10.4. The Balaban J connectivity index is 2.12. The molecule has 0 spiro atoms. The number of benzene rings is 1. The molecule has 1 atom stereocenters. The Bertz CT molecular complexity index is 451. The van der Waals surface area contributed by atoms with Crippen molar-refractivity contribution in [2.24, 2.45) is 5.73 Å². The summed E-state index contributed by atoms with van der Waals surface area (Å²) < 4.78 is 18.6. The molecule has 0 unspecified atom stereocenters. The average Bonchev–Trinajstić information content (AvgIpc) is 2.41. The average molecular weight is 252 g/mol. The Kier molecular flexibility index (Phi) is 3.93. The molecule has 1 aliphatic rings. The minimum absolute atomic E-state index is 0.0974. The van der Waals surface area contributed by atoms with Gasteiger partial charge < -0.3 is 15.4 Å². The maximum atomic E-state index is 13.2. The Morgan fingerprint density at radius 1 is 1.61 bits per heavy atom. The lowest BCUT2D eigenvalue weighted by Crippen LogP contribution is -2.48. The molecule has 1 fully saturated rings. The summed E-state index contributed by atoms with van der Waals surface area (Å²) >= 11 is 0. The lowest BCUT2D eigenvalue weighted by molar-refractivity contribution is -0.0167. The number of carbonyl (C=O) groups is 1. The number of ether oxygens (including phenoxy) is 1. The van der Waals surface area contributed by atoms with E-state index >= 15 is 0 Å². The number of rotatable bonds is 2. The van der Waals surface area contributed by atoms with E-state index in [1.807, 2.05) is 0 Å². The zero-order valence-corrected chi connectivity index (χ0v) is 10.4. The van der Waals surface area contributed by atoms with Crippen LogP contribution in [0.1, 0.15) is 15.9 Å². The molecular weight excluding hydrogens is 235 g/mol. The molecule has 1 aromatic rings. The van der Waals surface area contributed by atoms with Crippen LogP contribution in [0.4, 0.5) is 4.39 Å². The number of hydrogen-bond acceptors (Lipinski definition) is 3. The van der Waals surface area contributed by atoms with Gasteiger partial charge in [0.1, 0.15) is 5.82 Å². The summed E-state index contributed by atoms with van der Waals surface area (Å²) in [6.45, 7) is 3.58. The van der Waals surface area contributed by atoms with Gasteiger partial charge in [-0.25, -0.2) is 4.39 Å². The van der Waals surface area contributed by atoms with E-state index in [1.165, 1.54) is 12.1 Å². The summed E-state index contributed by atoms with van der Waals surface area (Å²) in [6.07, 6.45) is -0.107. The van der Waals surface area contributed by atoms with Crippen molar-refractivity contribution in [3.05, 3.63) is 35.1 Å². The second-order valence-electron chi connectivity index (χ2n) is 4.44. The molecule has 4 nitrogen and oxygen atoms in total. The number of morpholine rings is 1. The van der Waals surface area contributed by atoms with E-state index in [-0.39, 0.29) is 17.8 Å². The lowest BCUT2D eigenvalue weighted by Gasteiger charge is -2.32. The molecule has 18 heavy (non-hydrogen) atoms. The number of amides is 1. The number of nitrogens with two attached hydrogens (primary N) is 1. The van der Waals surface area contributed by atoms with E-state index in [0.717, 1.165) is 0 Å². The van der Waals surface area contributed by atoms with E-state index < -0.39 is 0 Å². The van der Waals surface area contributed by atoms with Crippen LogP contribution in [0.5, 0.6) is 0 Å². The first-order valence-corrected chi connectivity index (χ1v) is 5.99. The molecule has 0 saturated carbocycles. The van der Waals surface area contributed by atoms with Gasteiger partial charge in [-0.15, -0.1) is 0 Å². The van der Waals surface area contributed by atoms with Crippen LogP contribution >= 0.6 is 0 Å². The first kappa shape index (κ1) is 13.0. The topological polar surface area (TPSA) is 55.6 Å². The minimum atomic E-state index is -0.298. The van der Waals surface area contributed by atoms with Gasteiger partial charge in [-0.3, -0.25) is 4.79 Å². The Hall–Kier alpha value is -1.46. The molecule has 0 aromatic heterocycles. The van der Waals surface area contributed by atoms with Crippen LogP contribution in [-0.4, -0.2) is 43.2 Å². The summed E-state index contributed by atoms with van der Waals surface area (Å²) in [6, 6.07) is 4.41. The van der Waals surface area contributed by atoms with Crippen molar-refractivity contribution in [1.29, 1.82) is 0 Å². The first-order valence-electron chi connectivity index (χ1n) is 5.99. The highest BCUT2D eigenvalue weighted by molar-refractivity contribution is 5.94. The smallest absolute Gasteiger partial charge is 0.254 e. The van der Waals surface area contributed by atoms with E-state index in [0.29, 0.717) is 37.4 Å². The Morgan fingerprint density at radius 3 is 3.06 bits per heavy atom. The van der Waals surface area contributed by atoms with Crippen LogP contribution in [0.25, 0.3) is 0 Å². The van der Waals surface area contributed by atoms with Crippen LogP contribution in [0, 0.1) is 12.7 Å². The molecule has 1 heterocycles. The summed E-state index contributed by atoms with van der Waals surface area (Å²) in [4.78, 5) is 13.9. The van der Waals surface area contributed by atoms with Crippen molar-refractivity contribution in [2.45, 2.75) is 13.0 Å². The van der Waals surface area contributed by atoms with Crippen LogP contribution in [0.15, 0.2) is 18.2 Å². The normalized spacial score (nSPS) is 19.9. The molecule has 0 radical (unpaired) electrons. The monoisotopic (exact) mass is 252 g/mol. The van der Waals surface area contributed by atoms with Gasteiger partial charge in [0.2, 0.25) is 0 Å². The number of halogens is 1. The van der Waals surface area contributed by atoms with Gasteiger partial charge in [-0.2, -0.15) is 0 Å². The minimum Gasteiger partial charge on any atom is -0.373 e. The van der Waals surface area contributed by atoms with Gasteiger partial charge in [0.05, 0.1) is 12.7 Å². The maximum absolute atomic E-state index is 13.2. The number of nitrogens with zero attached hydrogens (tertiary/aromatic N) is 1. The number of hydrogen-bond donors (Lipinski definition) is 1. The van der Waals surface area contributed by atoms with Crippen LogP contribution in [-0.2, 0) is 4.74 Å². The predicted molar refractivity (Wildman–Crippen MR) is 65.8 cm³/mol. The third kappa shape index (κ3) is 2.68. The second-order valence-corrected chi connectivity index (χ2v) is 4.44. The van der Waals surface area contributed by atoms with E-state index in [2.05, 4.69) is 0 Å². The summed E-state index contributed by atoms with van der Waals surface area (Å²) in [5.41, 5.74) is 6.52. The quantitative estimate of drug-likeness (QED) is 0.852. The predicted octanol–water partition coefficient (Wildman–Crippen LogP) is 0.934. The largest absolute Gasteiger partial charge is 0.373 e. The van der Waals surface area contributed by atoms with Gasteiger partial charge in [0, 0.05) is 25.2 Å². The molecule has 0 bridgehead atoms. The molecule has 0 aliphatic carbocycles. The third-order valence-electron chi connectivity index (χ3n) is 3.09. The standard InChI is InChI=1S/C13H17FN2O2/c1-9-6-10(2-3-12(9)14)13(17)16-4-5-18-11(7-15)8-16/h2-3,6,11H,4-5,7-8,15H2,1H3/t11-/m0/s1. The first-order chi connectivity index (χ1) is 8.61. The molecule has 1 aromatic carbocycles. The molecule has 1 aliphatic heterocycles. The van der Waals surface area contributed by atoms with E-state index in [9.17, 15) is 9.18 Å². The highest BCUT2D eigenvalue weighted by atomic mass is 19.1. The molecule has 2 N–H and O–H groups in total. The summed E-state index contributed by atoms with van der Waals surface area (Å²) in [5, 5.41) is 0. The van der Waals surface area contributed by atoms with E-state index in [1.54, 1.807) is 17.9 Å². The van der Waals surface area contributed by atoms with Gasteiger partial charge in [-0.05, 0) is 30.7 Å². The SMILES string of the molecule is Cc1cc(C(=O)N2CCO[C@@H](CN)C2)ccc1F. The number of carbonyl (C=O) groups excluding carboxylic acids is 1. The van der Waals surface area contributed by atoms with Gasteiger partial charge in [-0.1, -0.05) is 0 Å². The fraction of sp³-hybridized carbons (Fsp3) is 0.462.